The number of carbonyl (C=O) groups excluding carboxylic acids is 2. The van der Waals surface area contributed by atoms with E-state index in [0.717, 1.165) is 5.56 Å². The Morgan fingerprint density at radius 1 is 1.30 bits per heavy atom. The summed E-state index contributed by atoms with van der Waals surface area (Å²) in [6.45, 7) is 4.26. The summed E-state index contributed by atoms with van der Waals surface area (Å²) in [5, 5.41) is 0. The molecule has 0 saturated carbocycles. The average Bonchev–Trinajstić information content (AvgIpc) is 2.77. The summed E-state index contributed by atoms with van der Waals surface area (Å²) >= 11 is 6.35. The van der Waals surface area contributed by atoms with Crippen LogP contribution in [0, 0.1) is 0 Å². The van der Waals surface area contributed by atoms with Crippen LogP contribution in [0.2, 0.25) is 0 Å². The molecule has 122 valence electrons. The minimum Gasteiger partial charge on any atom is -0.493 e. The number of benzene rings is 1. The lowest BCUT2D eigenvalue weighted by Crippen LogP contribution is -2.34. The summed E-state index contributed by atoms with van der Waals surface area (Å²) in [5.41, 5.74) is 0.797. The molecule has 1 amide bonds. The van der Waals surface area contributed by atoms with Crippen LogP contribution >= 0.6 is 24.0 Å². The maximum Gasteiger partial charge on any atom is 0.326 e. The molecule has 0 spiro atoms. The molecule has 0 bridgehead atoms. The number of hydrogen-bond acceptors (Lipinski definition) is 6. The molecular weight excluding hydrogens is 334 g/mol. The van der Waals surface area contributed by atoms with Gasteiger partial charge in [-0.3, -0.25) is 14.5 Å². The third kappa shape index (κ3) is 4.33. The van der Waals surface area contributed by atoms with E-state index in [2.05, 4.69) is 0 Å². The van der Waals surface area contributed by atoms with Gasteiger partial charge in [-0.1, -0.05) is 42.2 Å². The molecule has 1 aliphatic heterocycles. The Morgan fingerprint density at radius 3 is 2.74 bits per heavy atom. The van der Waals surface area contributed by atoms with Gasteiger partial charge in [0, 0.05) is 5.56 Å². The van der Waals surface area contributed by atoms with Crippen molar-refractivity contribution in [2.75, 3.05) is 19.8 Å². The Hall–Kier alpha value is -1.86. The number of ether oxygens (including phenoxy) is 2. The third-order valence-electron chi connectivity index (χ3n) is 2.97. The molecule has 0 atom stereocenters. The van der Waals surface area contributed by atoms with Crippen molar-refractivity contribution >= 4 is 46.3 Å². The van der Waals surface area contributed by atoms with Crippen molar-refractivity contribution in [2.45, 2.75) is 13.8 Å². The number of esters is 1. The first-order valence-electron chi connectivity index (χ1n) is 7.19. The van der Waals surface area contributed by atoms with E-state index in [1.54, 1.807) is 13.0 Å². The Morgan fingerprint density at radius 2 is 2.04 bits per heavy atom. The first-order chi connectivity index (χ1) is 11.1. The number of thioether (sulfide) groups is 1. The maximum absolute atomic E-state index is 12.4. The van der Waals surface area contributed by atoms with Crippen LogP contribution in [-0.4, -0.2) is 40.9 Å². The van der Waals surface area contributed by atoms with Crippen molar-refractivity contribution in [1.29, 1.82) is 0 Å². The van der Waals surface area contributed by atoms with Crippen molar-refractivity contribution in [3.8, 4) is 5.75 Å². The molecule has 0 radical (unpaired) electrons. The number of thiocarbonyl (C=S) groups is 1. The Bertz CT molecular complexity index is 657. The predicted molar refractivity (Wildman–Crippen MR) is 94.1 cm³/mol. The van der Waals surface area contributed by atoms with Gasteiger partial charge in [0.2, 0.25) is 0 Å². The Kier molecular flexibility index (Phi) is 6.18. The standard InChI is InChI=1S/C16H17NO4S2/c1-3-20-12-8-6-5-7-11(12)9-13-15(19)17(16(22)23-13)10-14(18)21-4-2/h5-9H,3-4,10H2,1-2H3/b13-9+. The lowest BCUT2D eigenvalue weighted by atomic mass is 10.2. The van der Waals surface area contributed by atoms with Gasteiger partial charge in [-0.2, -0.15) is 0 Å². The fourth-order valence-corrected chi connectivity index (χ4v) is 3.25. The molecule has 1 aromatic rings. The number of rotatable bonds is 6. The molecule has 1 saturated heterocycles. The zero-order valence-electron chi connectivity index (χ0n) is 12.9. The molecule has 0 aliphatic carbocycles. The molecule has 2 rings (SSSR count). The second-order valence-electron chi connectivity index (χ2n) is 4.54. The summed E-state index contributed by atoms with van der Waals surface area (Å²) in [5.74, 6) is -0.0650. The topological polar surface area (TPSA) is 55.8 Å². The van der Waals surface area contributed by atoms with Crippen LogP contribution in [0.4, 0.5) is 0 Å². The van der Waals surface area contributed by atoms with E-state index >= 15 is 0 Å². The quantitative estimate of drug-likeness (QED) is 0.446. The van der Waals surface area contributed by atoms with E-state index in [9.17, 15) is 9.59 Å². The molecule has 0 unspecified atom stereocenters. The van der Waals surface area contributed by atoms with E-state index in [1.165, 1.54) is 16.7 Å². The zero-order valence-corrected chi connectivity index (χ0v) is 14.5. The van der Waals surface area contributed by atoms with Gasteiger partial charge in [0.25, 0.3) is 5.91 Å². The van der Waals surface area contributed by atoms with Gasteiger partial charge in [0.15, 0.2) is 0 Å². The molecular formula is C16H17NO4S2. The van der Waals surface area contributed by atoms with Gasteiger partial charge < -0.3 is 9.47 Å². The first kappa shape index (κ1) is 17.5. The molecule has 1 heterocycles. The molecule has 5 nitrogen and oxygen atoms in total. The minimum absolute atomic E-state index is 0.164. The van der Waals surface area contributed by atoms with E-state index in [0.29, 0.717) is 21.6 Å². The smallest absolute Gasteiger partial charge is 0.326 e. The molecule has 1 aromatic carbocycles. The summed E-state index contributed by atoms with van der Waals surface area (Å²) < 4.78 is 10.8. The van der Waals surface area contributed by atoms with Crippen LogP contribution in [0.3, 0.4) is 0 Å². The first-order valence-corrected chi connectivity index (χ1v) is 8.42. The van der Waals surface area contributed by atoms with Crippen LogP contribution in [0.1, 0.15) is 19.4 Å². The van der Waals surface area contributed by atoms with Crippen molar-refractivity contribution in [3.63, 3.8) is 0 Å². The van der Waals surface area contributed by atoms with Gasteiger partial charge in [0.1, 0.15) is 16.6 Å². The number of hydrogen-bond donors (Lipinski definition) is 0. The van der Waals surface area contributed by atoms with Crippen molar-refractivity contribution in [1.82, 2.24) is 4.90 Å². The largest absolute Gasteiger partial charge is 0.493 e. The molecule has 1 fully saturated rings. The summed E-state index contributed by atoms with van der Waals surface area (Å²) in [7, 11) is 0. The normalized spacial score (nSPS) is 16.1. The van der Waals surface area contributed by atoms with Gasteiger partial charge in [0.05, 0.1) is 18.1 Å². The molecule has 7 heteroatoms. The Balaban J connectivity index is 2.20. The van der Waals surface area contributed by atoms with Gasteiger partial charge in [-0.25, -0.2) is 0 Å². The van der Waals surface area contributed by atoms with Crippen LogP contribution < -0.4 is 4.74 Å². The van der Waals surface area contributed by atoms with Crippen molar-refractivity contribution in [2.24, 2.45) is 0 Å². The predicted octanol–water partition coefficient (Wildman–Crippen LogP) is 2.85. The van der Waals surface area contributed by atoms with Crippen LogP contribution in [-0.2, 0) is 14.3 Å². The number of para-hydroxylation sites is 1. The highest BCUT2D eigenvalue weighted by Gasteiger charge is 2.33. The fourth-order valence-electron chi connectivity index (χ4n) is 2.00. The highest BCUT2D eigenvalue weighted by molar-refractivity contribution is 8.26. The molecule has 0 aromatic heterocycles. The monoisotopic (exact) mass is 351 g/mol. The molecule has 23 heavy (non-hydrogen) atoms. The Labute approximate surface area is 144 Å². The number of carbonyl (C=O) groups is 2. The van der Waals surface area contributed by atoms with Crippen LogP contribution in [0.25, 0.3) is 6.08 Å². The highest BCUT2D eigenvalue weighted by Crippen LogP contribution is 2.34. The second-order valence-corrected chi connectivity index (χ2v) is 6.22. The number of nitrogens with zero attached hydrogens (tertiary/aromatic N) is 1. The number of amides is 1. The van der Waals surface area contributed by atoms with E-state index in [-0.39, 0.29) is 19.1 Å². The van der Waals surface area contributed by atoms with Crippen LogP contribution in [0.5, 0.6) is 5.75 Å². The minimum atomic E-state index is -0.472. The average molecular weight is 351 g/mol. The lowest BCUT2D eigenvalue weighted by molar-refractivity contribution is -0.145. The SMILES string of the molecule is CCOC(=O)CN1C(=O)/C(=C\c2ccccc2OCC)SC1=S. The fraction of sp³-hybridized carbons (Fsp3) is 0.312. The molecule has 1 aliphatic rings. The van der Waals surface area contributed by atoms with Gasteiger partial charge >= 0.3 is 5.97 Å². The highest BCUT2D eigenvalue weighted by atomic mass is 32.2. The summed E-state index contributed by atoms with van der Waals surface area (Å²) in [4.78, 5) is 25.7. The van der Waals surface area contributed by atoms with E-state index < -0.39 is 5.97 Å². The van der Waals surface area contributed by atoms with Gasteiger partial charge in [-0.15, -0.1) is 0 Å². The third-order valence-corrected chi connectivity index (χ3v) is 4.35. The van der Waals surface area contributed by atoms with E-state index in [1.807, 2.05) is 31.2 Å². The van der Waals surface area contributed by atoms with Gasteiger partial charge in [-0.05, 0) is 26.0 Å². The zero-order chi connectivity index (χ0) is 16.8. The lowest BCUT2D eigenvalue weighted by Gasteiger charge is -2.12. The van der Waals surface area contributed by atoms with Crippen molar-refractivity contribution in [3.05, 3.63) is 34.7 Å². The summed E-state index contributed by atoms with van der Waals surface area (Å²) in [6, 6.07) is 7.44. The summed E-state index contributed by atoms with van der Waals surface area (Å²) in [6.07, 6.45) is 1.73. The second kappa shape index (κ2) is 8.12. The maximum atomic E-state index is 12.4. The van der Waals surface area contributed by atoms with Crippen molar-refractivity contribution < 1.29 is 19.1 Å². The molecule has 0 N–H and O–H groups in total. The van der Waals surface area contributed by atoms with Crippen LogP contribution in [0.15, 0.2) is 29.2 Å². The van der Waals surface area contributed by atoms with E-state index in [4.69, 9.17) is 21.7 Å².